The van der Waals surface area contributed by atoms with Gasteiger partial charge >= 0.3 is 11.9 Å². The fraction of sp³-hybridized carbons (Fsp3) is 0.412. The van der Waals surface area contributed by atoms with E-state index in [2.05, 4.69) is 4.99 Å². The summed E-state index contributed by atoms with van der Waals surface area (Å²) in [7, 11) is 0. The Balaban J connectivity index is 1.81. The van der Waals surface area contributed by atoms with E-state index in [9.17, 15) is 18.8 Å². The molecule has 132 valence electrons. The zero-order valence-corrected chi connectivity index (χ0v) is 13.6. The summed E-state index contributed by atoms with van der Waals surface area (Å²) in [6.45, 7) is 2.36. The minimum Gasteiger partial charge on any atom is -0.480 e. The zero-order chi connectivity index (χ0) is 18.1. The van der Waals surface area contributed by atoms with Crippen LogP contribution in [0.3, 0.4) is 0 Å². The van der Waals surface area contributed by atoms with E-state index in [4.69, 9.17) is 9.84 Å². The molecule has 0 bridgehead atoms. The summed E-state index contributed by atoms with van der Waals surface area (Å²) >= 11 is 0. The number of ether oxygens (including phenoxy) is 1. The first-order chi connectivity index (χ1) is 11.9. The molecule has 25 heavy (non-hydrogen) atoms. The normalized spacial score (nSPS) is 20.3. The van der Waals surface area contributed by atoms with E-state index in [-0.39, 0.29) is 23.3 Å². The van der Waals surface area contributed by atoms with Crippen LogP contribution in [0.4, 0.5) is 15.8 Å². The summed E-state index contributed by atoms with van der Waals surface area (Å²) in [6.07, 6.45) is 1.95. The van der Waals surface area contributed by atoms with E-state index in [0.717, 1.165) is 6.21 Å². The van der Waals surface area contributed by atoms with Gasteiger partial charge in [0, 0.05) is 44.6 Å². The minimum atomic E-state index is -1.38. The number of piperidine rings is 1. The van der Waals surface area contributed by atoms with E-state index in [1.165, 1.54) is 19.1 Å². The number of aliphatic carboxylic acids is 1. The summed E-state index contributed by atoms with van der Waals surface area (Å²) < 4.78 is 20.0. The Labute approximate surface area is 143 Å². The summed E-state index contributed by atoms with van der Waals surface area (Å²) in [6, 6.07) is 2.89. The first kappa shape index (κ1) is 17.1. The lowest BCUT2D eigenvalue weighted by molar-refractivity contribution is -0.147. The monoisotopic (exact) mass is 348 g/mol. The van der Waals surface area contributed by atoms with Gasteiger partial charge in [-0.05, 0) is 12.1 Å². The third-order valence-electron chi connectivity index (χ3n) is 4.38. The van der Waals surface area contributed by atoms with Crippen molar-refractivity contribution < 1.29 is 28.6 Å². The Hall–Kier alpha value is -2.77. The van der Waals surface area contributed by atoms with Gasteiger partial charge in [0.15, 0.2) is 17.5 Å². The highest BCUT2D eigenvalue weighted by molar-refractivity contribution is 6.22. The van der Waals surface area contributed by atoms with Crippen molar-refractivity contribution in [3.63, 3.8) is 0 Å². The van der Waals surface area contributed by atoms with Crippen molar-refractivity contribution in [2.45, 2.75) is 25.9 Å². The number of carbonyl (C=O) groups is 3. The molecule has 1 fully saturated rings. The van der Waals surface area contributed by atoms with Crippen molar-refractivity contribution >= 4 is 35.3 Å². The van der Waals surface area contributed by atoms with Crippen LogP contribution in [0, 0.1) is 11.7 Å². The van der Waals surface area contributed by atoms with Crippen LogP contribution >= 0.6 is 0 Å². The highest BCUT2D eigenvalue weighted by Gasteiger charge is 2.33. The van der Waals surface area contributed by atoms with Gasteiger partial charge in [-0.25, -0.2) is 4.39 Å². The van der Waals surface area contributed by atoms with Crippen LogP contribution in [-0.4, -0.2) is 48.2 Å². The predicted molar refractivity (Wildman–Crippen MR) is 87.0 cm³/mol. The van der Waals surface area contributed by atoms with Gasteiger partial charge < -0.3 is 14.7 Å². The number of hydrogen-bond donors (Lipinski definition) is 1. The molecule has 2 aliphatic rings. The number of benzene rings is 1. The number of rotatable bonds is 3. The highest BCUT2D eigenvalue weighted by Crippen LogP contribution is 2.36. The molecule has 2 aliphatic heterocycles. The summed E-state index contributed by atoms with van der Waals surface area (Å²) in [5, 5.41) is 9.00. The van der Waals surface area contributed by atoms with Crippen molar-refractivity contribution in [3.8, 4) is 0 Å². The molecule has 0 saturated carbocycles. The number of Topliss-reactive ketones (excluding diaryl/α,β-unsaturated/α-hetero) is 1. The molecule has 1 saturated heterocycles. The second-order valence-electron chi connectivity index (χ2n) is 6.05. The van der Waals surface area contributed by atoms with Gasteiger partial charge in [-0.1, -0.05) is 0 Å². The van der Waals surface area contributed by atoms with Crippen LogP contribution in [0.25, 0.3) is 0 Å². The molecule has 8 heteroatoms. The third kappa shape index (κ3) is 3.24. The number of carbonyl (C=O) groups excluding carboxylic acids is 2. The molecular weight excluding hydrogens is 331 g/mol. The second-order valence-corrected chi connectivity index (χ2v) is 6.05. The Morgan fingerprint density at radius 1 is 1.32 bits per heavy atom. The van der Waals surface area contributed by atoms with Crippen LogP contribution in [0.2, 0.25) is 0 Å². The van der Waals surface area contributed by atoms with E-state index < -0.39 is 23.5 Å². The quantitative estimate of drug-likeness (QED) is 0.662. The summed E-state index contributed by atoms with van der Waals surface area (Å²) in [5.74, 6) is -4.33. The maximum atomic E-state index is 14.8. The average molecular weight is 348 g/mol. The van der Waals surface area contributed by atoms with Crippen LogP contribution in [-0.2, 0) is 14.3 Å². The molecule has 1 atom stereocenters. The maximum absolute atomic E-state index is 14.8. The van der Waals surface area contributed by atoms with Gasteiger partial charge in [-0.15, -0.1) is 0 Å². The maximum Gasteiger partial charge on any atom is 0.319 e. The molecule has 7 nitrogen and oxygen atoms in total. The number of ketones is 1. The number of hydrogen-bond acceptors (Lipinski definition) is 6. The SMILES string of the molecule is CC(=O)OC1CCN(c2ccc3c(c2F)N=CC(C(=O)O)C3=O)CC1. The van der Waals surface area contributed by atoms with Crippen LogP contribution < -0.4 is 4.90 Å². The number of nitrogens with zero attached hydrogens (tertiary/aromatic N) is 2. The molecule has 0 aromatic heterocycles. The zero-order valence-electron chi connectivity index (χ0n) is 13.6. The number of carboxylic acid groups (broad SMARTS) is 1. The molecule has 0 spiro atoms. The van der Waals surface area contributed by atoms with E-state index in [1.807, 2.05) is 0 Å². The Bertz CT molecular complexity index is 769. The molecule has 3 rings (SSSR count). The second kappa shape index (κ2) is 6.62. The summed E-state index contributed by atoms with van der Waals surface area (Å²) in [5.41, 5.74) is 0.159. The van der Waals surface area contributed by atoms with Gasteiger partial charge in [0.2, 0.25) is 0 Å². The van der Waals surface area contributed by atoms with Crippen LogP contribution in [0.5, 0.6) is 0 Å². The lowest BCUT2D eigenvalue weighted by Crippen LogP contribution is -2.38. The van der Waals surface area contributed by atoms with Crippen molar-refractivity contribution in [2.24, 2.45) is 10.9 Å². The molecule has 2 heterocycles. The third-order valence-corrected chi connectivity index (χ3v) is 4.38. The van der Waals surface area contributed by atoms with Gasteiger partial charge in [0.05, 0.1) is 5.69 Å². The number of esters is 1. The van der Waals surface area contributed by atoms with E-state index >= 15 is 0 Å². The lowest BCUT2D eigenvalue weighted by atomic mass is 9.94. The number of fused-ring (bicyclic) bond motifs is 1. The van der Waals surface area contributed by atoms with Gasteiger partial charge in [0.25, 0.3) is 0 Å². The molecule has 1 aromatic rings. The molecule has 1 unspecified atom stereocenters. The molecule has 0 aliphatic carbocycles. The molecule has 0 amide bonds. The molecule has 1 aromatic carbocycles. The number of halogens is 1. The van der Waals surface area contributed by atoms with Crippen molar-refractivity contribution in [1.82, 2.24) is 0 Å². The number of anilines is 1. The topological polar surface area (TPSA) is 96.3 Å². The van der Waals surface area contributed by atoms with Crippen molar-refractivity contribution in [1.29, 1.82) is 0 Å². The first-order valence-corrected chi connectivity index (χ1v) is 7.94. The van der Waals surface area contributed by atoms with Crippen molar-refractivity contribution in [2.75, 3.05) is 18.0 Å². The Kier molecular flexibility index (Phi) is 4.52. The molecule has 1 N–H and O–H groups in total. The van der Waals surface area contributed by atoms with E-state index in [1.54, 1.807) is 4.90 Å². The smallest absolute Gasteiger partial charge is 0.319 e. The van der Waals surface area contributed by atoms with Crippen LogP contribution in [0.15, 0.2) is 17.1 Å². The fourth-order valence-corrected chi connectivity index (χ4v) is 3.13. The average Bonchev–Trinajstić information content (AvgIpc) is 2.56. The summed E-state index contributed by atoms with van der Waals surface area (Å²) in [4.78, 5) is 39.8. The Morgan fingerprint density at radius 3 is 2.60 bits per heavy atom. The van der Waals surface area contributed by atoms with Crippen molar-refractivity contribution in [3.05, 3.63) is 23.5 Å². The van der Waals surface area contributed by atoms with Crippen LogP contribution in [0.1, 0.15) is 30.1 Å². The standard InChI is InChI=1S/C17H17FN2O5/c1-9(21)25-10-4-6-20(7-5-10)13-3-2-11-15(14(13)18)19-8-12(16(11)22)17(23)24/h2-3,8,10,12H,4-7H2,1H3,(H,23,24). The molecular formula is C17H17FN2O5. The largest absolute Gasteiger partial charge is 0.480 e. The fourth-order valence-electron chi connectivity index (χ4n) is 3.13. The first-order valence-electron chi connectivity index (χ1n) is 7.94. The highest BCUT2D eigenvalue weighted by atomic mass is 19.1. The molecule has 0 radical (unpaired) electrons. The lowest BCUT2D eigenvalue weighted by Gasteiger charge is -2.33. The van der Waals surface area contributed by atoms with Gasteiger partial charge in [-0.2, -0.15) is 0 Å². The minimum absolute atomic E-state index is 0.0223. The number of carboxylic acids is 1. The van der Waals surface area contributed by atoms with Gasteiger partial charge in [0.1, 0.15) is 11.8 Å². The van der Waals surface area contributed by atoms with Gasteiger partial charge in [-0.3, -0.25) is 19.4 Å². The predicted octanol–water partition coefficient (Wildman–Crippen LogP) is 1.96. The number of aliphatic imine (C=N–C) groups is 1. The van der Waals surface area contributed by atoms with E-state index in [0.29, 0.717) is 31.6 Å². The Morgan fingerprint density at radius 2 is 2.00 bits per heavy atom.